The number of benzene rings is 1. The number of rotatable bonds is 3. The topological polar surface area (TPSA) is 18.5 Å². The van der Waals surface area contributed by atoms with Crippen molar-refractivity contribution in [1.82, 2.24) is 0 Å². The molecule has 0 N–H and O–H groups in total. The van der Waals surface area contributed by atoms with E-state index in [1.54, 1.807) is 25.6 Å². The molecule has 2 rings (SSSR count). The molecule has 0 unspecified atom stereocenters. The van der Waals surface area contributed by atoms with Gasteiger partial charge in [0.2, 0.25) is 0 Å². The zero-order chi connectivity index (χ0) is 10.8. The molecule has 1 heterocycles. The summed E-state index contributed by atoms with van der Waals surface area (Å²) in [6.07, 6.45) is -0.263. The van der Waals surface area contributed by atoms with Crippen molar-refractivity contribution in [2.24, 2.45) is 0 Å². The number of ether oxygens (including phenoxy) is 2. The van der Waals surface area contributed by atoms with E-state index >= 15 is 0 Å². The standard InChI is InChI=1S/C11H11BrO2S/c1-13-11(14-2)10-5-7-3-4-8(12)6-9(7)15-10/h3-6,11H,1-2H3. The van der Waals surface area contributed by atoms with Crippen LogP contribution in [0.2, 0.25) is 0 Å². The van der Waals surface area contributed by atoms with Crippen LogP contribution in [0.4, 0.5) is 0 Å². The molecule has 2 nitrogen and oxygen atoms in total. The molecule has 0 saturated carbocycles. The molecule has 0 bridgehead atoms. The molecule has 0 aliphatic carbocycles. The fourth-order valence-electron chi connectivity index (χ4n) is 1.47. The van der Waals surface area contributed by atoms with Crippen LogP contribution in [0.3, 0.4) is 0 Å². The van der Waals surface area contributed by atoms with Gasteiger partial charge in [-0.2, -0.15) is 0 Å². The van der Waals surface area contributed by atoms with Gasteiger partial charge in [0.1, 0.15) is 0 Å². The molecular formula is C11H11BrO2S. The van der Waals surface area contributed by atoms with Gasteiger partial charge >= 0.3 is 0 Å². The van der Waals surface area contributed by atoms with Crippen LogP contribution in [0.15, 0.2) is 28.7 Å². The maximum Gasteiger partial charge on any atom is 0.192 e. The Labute approximate surface area is 101 Å². The van der Waals surface area contributed by atoms with Gasteiger partial charge in [-0.25, -0.2) is 0 Å². The molecule has 0 amide bonds. The van der Waals surface area contributed by atoms with Crippen LogP contribution in [0.5, 0.6) is 0 Å². The molecular weight excluding hydrogens is 276 g/mol. The van der Waals surface area contributed by atoms with Gasteiger partial charge in [0.25, 0.3) is 0 Å². The molecule has 0 aliphatic heterocycles. The van der Waals surface area contributed by atoms with Crippen molar-refractivity contribution in [3.63, 3.8) is 0 Å². The summed E-state index contributed by atoms with van der Waals surface area (Å²) >= 11 is 5.15. The van der Waals surface area contributed by atoms with Crippen LogP contribution in [-0.2, 0) is 9.47 Å². The lowest BCUT2D eigenvalue weighted by Gasteiger charge is -2.09. The van der Waals surface area contributed by atoms with Gasteiger partial charge in [0.15, 0.2) is 6.29 Å². The second-order valence-corrected chi connectivity index (χ2v) is 5.17. The highest BCUT2D eigenvalue weighted by Gasteiger charge is 2.12. The summed E-state index contributed by atoms with van der Waals surface area (Å²) in [5.74, 6) is 0. The minimum atomic E-state index is -0.263. The molecule has 0 saturated heterocycles. The van der Waals surface area contributed by atoms with Crippen molar-refractivity contribution < 1.29 is 9.47 Å². The zero-order valence-electron chi connectivity index (χ0n) is 8.49. The summed E-state index contributed by atoms with van der Waals surface area (Å²) in [5, 5.41) is 1.22. The highest BCUT2D eigenvalue weighted by molar-refractivity contribution is 9.10. The van der Waals surface area contributed by atoms with Crippen molar-refractivity contribution >= 4 is 37.4 Å². The molecule has 0 atom stereocenters. The first-order valence-electron chi connectivity index (χ1n) is 4.49. The predicted octanol–water partition coefficient (Wildman–Crippen LogP) is 3.96. The lowest BCUT2D eigenvalue weighted by Crippen LogP contribution is -2.00. The number of methoxy groups -OCH3 is 2. The number of hydrogen-bond acceptors (Lipinski definition) is 3. The minimum Gasteiger partial charge on any atom is -0.351 e. The number of thiophene rings is 1. The lowest BCUT2D eigenvalue weighted by atomic mass is 10.2. The molecule has 4 heteroatoms. The molecule has 0 fully saturated rings. The van der Waals surface area contributed by atoms with Gasteiger partial charge in [0, 0.05) is 23.4 Å². The van der Waals surface area contributed by atoms with E-state index in [9.17, 15) is 0 Å². The third-order valence-electron chi connectivity index (χ3n) is 2.16. The summed E-state index contributed by atoms with van der Waals surface area (Å²) in [6.45, 7) is 0. The molecule has 0 aliphatic rings. The Hall–Kier alpha value is -0.420. The Morgan fingerprint density at radius 2 is 1.93 bits per heavy atom. The first-order valence-corrected chi connectivity index (χ1v) is 6.10. The van der Waals surface area contributed by atoms with Crippen molar-refractivity contribution in [3.8, 4) is 0 Å². The van der Waals surface area contributed by atoms with E-state index in [2.05, 4.69) is 34.1 Å². The van der Waals surface area contributed by atoms with Crippen molar-refractivity contribution in [2.75, 3.05) is 14.2 Å². The first-order chi connectivity index (χ1) is 7.24. The second kappa shape index (κ2) is 4.61. The summed E-state index contributed by atoms with van der Waals surface area (Å²) in [7, 11) is 3.29. The van der Waals surface area contributed by atoms with Crippen LogP contribution < -0.4 is 0 Å². The van der Waals surface area contributed by atoms with Crippen LogP contribution in [-0.4, -0.2) is 14.2 Å². The third kappa shape index (κ3) is 2.23. The van der Waals surface area contributed by atoms with Gasteiger partial charge in [-0.05, 0) is 23.6 Å². The number of fused-ring (bicyclic) bond motifs is 1. The Kier molecular flexibility index (Phi) is 3.41. The van der Waals surface area contributed by atoms with Crippen LogP contribution in [0.25, 0.3) is 10.1 Å². The zero-order valence-corrected chi connectivity index (χ0v) is 10.9. The van der Waals surface area contributed by atoms with Crippen LogP contribution in [0.1, 0.15) is 11.2 Å². The van der Waals surface area contributed by atoms with Crippen LogP contribution >= 0.6 is 27.3 Å². The van der Waals surface area contributed by atoms with E-state index in [1.165, 1.54) is 10.1 Å². The molecule has 80 valence electrons. The maximum absolute atomic E-state index is 5.22. The third-order valence-corrected chi connectivity index (χ3v) is 3.77. The first kappa shape index (κ1) is 11.1. The predicted molar refractivity (Wildman–Crippen MR) is 66.3 cm³/mol. The van der Waals surface area contributed by atoms with Gasteiger partial charge in [-0.15, -0.1) is 11.3 Å². The summed E-state index contributed by atoms with van der Waals surface area (Å²) < 4.78 is 12.8. The van der Waals surface area contributed by atoms with Gasteiger partial charge < -0.3 is 9.47 Å². The Balaban J connectivity index is 2.46. The highest BCUT2D eigenvalue weighted by Crippen LogP contribution is 2.33. The van der Waals surface area contributed by atoms with Gasteiger partial charge in [0.05, 0.1) is 4.88 Å². The number of halogens is 1. The number of hydrogen-bond donors (Lipinski definition) is 0. The smallest absolute Gasteiger partial charge is 0.192 e. The summed E-state index contributed by atoms with van der Waals surface area (Å²) in [5.41, 5.74) is 0. The fourth-order valence-corrected chi connectivity index (χ4v) is 3.14. The Bertz CT molecular complexity index is 463. The van der Waals surface area contributed by atoms with E-state index in [0.29, 0.717) is 0 Å². The molecule has 1 aromatic heterocycles. The van der Waals surface area contributed by atoms with Gasteiger partial charge in [-0.1, -0.05) is 22.0 Å². The van der Waals surface area contributed by atoms with Gasteiger partial charge in [-0.3, -0.25) is 0 Å². The Morgan fingerprint density at radius 3 is 2.60 bits per heavy atom. The van der Waals surface area contributed by atoms with Crippen molar-refractivity contribution in [1.29, 1.82) is 0 Å². The normalized spacial score (nSPS) is 11.5. The summed E-state index contributed by atoms with van der Waals surface area (Å²) in [4.78, 5) is 1.09. The minimum absolute atomic E-state index is 0.263. The lowest BCUT2D eigenvalue weighted by molar-refractivity contribution is -0.103. The fraction of sp³-hybridized carbons (Fsp3) is 0.273. The molecule has 0 spiro atoms. The average molecular weight is 287 g/mol. The monoisotopic (exact) mass is 286 g/mol. The highest BCUT2D eigenvalue weighted by atomic mass is 79.9. The van der Waals surface area contributed by atoms with E-state index in [1.807, 2.05) is 6.07 Å². The van der Waals surface area contributed by atoms with Crippen LogP contribution in [0, 0.1) is 0 Å². The second-order valence-electron chi connectivity index (χ2n) is 3.13. The van der Waals surface area contributed by atoms with E-state index < -0.39 is 0 Å². The average Bonchev–Trinajstić information content (AvgIpc) is 2.62. The van der Waals surface area contributed by atoms with E-state index in [-0.39, 0.29) is 6.29 Å². The molecule has 0 radical (unpaired) electrons. The molecule has 1 aromatic carbocycles. The largest absolute Gasteiger partial charge is 0.351 e. The SMILES string of the molecule is COC(OC)c1cc2ccc(Br)cc2s1. The van der Waals surface area contributed by atoms with E-state index in [4.69, 9.17) is 9.47 Å². The van der Waals surface area contributed by atoms with Crippen molar-refractivity contribution in [3.05, 3.63) is 33.6 Å². The summed E-state index contributed by atoms with van der Waals surface area (Å²) in [6, 6.07) is 8.32. The molecule has 15 heavy (non-hydrogen) atoms. The Morgan fingerprint density at radius 1 is 1.20 bits per heavy atom. The molecule has 2 aromatic rings. The maximum atomic E-state index is 5.22. The van der Waals surface area contributed by atoms with E-state index in [0.717, 1.165) is 9.35 Å². The van der Waals surface area contributed by atoms with Crippen molar-refractivity contribution in [2.45, 2.75) is 6.29 Å². The quantitative estimate of drug-likeness (QED) is 0.796.